The highest BCUT2D eigenvalue weighted by atomic mass is 79.9. The Labute approximate surface area is 97.8 Å². The van der Waals surface area contributed by atoms with E-state index in [1.165, 1.54) is 0 Å². The van der Waals surface area contributed by atoms with Crippen LogP contribution in [0.25, 0.3) is 0 Å². The van der Waals surface area contributed by atoms with E-state index in [-0.39, 0.29) is 12.7 Å². The van der Waals surface area contributed by atoms with Crippen LogP contribution in [0.5, 0.6) is 5.75 Å². The van der Waals surface area contributed by atoms with Gasteiger partial charge in [0.1, 0.15) is 5.75 Å². The minimum absolute atomic E-state index is 0.0521. The zero-order valence-corrected chi connectivity index (χ0v) is 10.2. The molecule has 0 aliphatic carbocycles. The molecule has 0 aliphatic rings. The molecule has 0 aliphatic heterocycles. The Morgan fingerprint density at radius 3 is 2.80 bits per heavy atom. The largest absolute Gasteiger partial charge is 0.492 e. The van der Waals surface area contributed by atoms with Gasteiger partial charge in [0.2, 0.25) is 0 Å². The van der Waals surface area contributed by atoms with Gasteiger partial charge in [-0.3, -0.25) is 0 Å². The highest BCUT2D eigenvalue weighted by molar-refractivity contribution is 9.10. The van der Waals surface area contributed by atoms with E-state index in [2.05, 4.69) is 15.9 Å². The zero-order chi connectivity index (χ0) is 11.3. The van der Waals surface area contributed by atoms with Gasteiger partial charge in [-0.15, -0.1) is 0 Å². The Morgan fingerprint density at radius 1 is 1.47 bits per heavy atom. The third-order valence-corrected chi connectivity index (χ3v) is 2.63. The smallest absolute Gasteiger partial charge is 0.138 e. The van der Waals surface area contributed by atoms with E-state index in [0.29, 0.717) is 18.8 Å². The van der Waals surface area contributed by atoms with Gasteiger partial charge >= 0.3 is 0 Å². The molecule has 1 aromatic rings. The summed E-state index contributed by atoms with van der Waals surface area (Å²) in [4.78, 5) is 0. The fourth-order valence-corrected chi connectivity index (χ4v) is 1.69. The lowest BCUT2D eigenvalue weighted by molar-refractivity contribution is 0.154. The van der Waals surface area contributed by atoms with Gasteiger partial charge in [0.15, 0.2) is 0 Å². The van der Waals surface area contributed by atoms with E-state index >= 15 is 0 Å². The molecular formula is C11H15BrO3. The van der Waals surface area contributed by atoms with Crippen LogP contribution in [0.1, 0.15) is 18.9 Å². The number of benzene rings is 1. The minimum atomic E-state index is -0.370. The summed E-state index contributed by atoms with van der Waals surface area (Å²) in [6.07, 6.45) is 0.205. The van der Waals surface area contributed by atoms with Crippen LogP contribution in [0.15, 0.2) is 22.7 Å². The number of hydrogen-bond acceptors (Lipinski definition) is 3. The molecule has 1 atom stereocenters. The summed E-state index contributed by atoms with van der Waals surface area (Å²) < 4.78 is 6.32. The number of ether oxygens (including phenoxy) is 1. The van der Waals surface area contributed by atoms with Crippen LogP contribution in [0.4, 0.5) is 0 Å². The predicted molar refractivity (Wildman–Crippen MR) is 61.9 cm³/mol. The van der Waals surface area contributed by atoms with E-state index in [9.17, 15) is 0 Å². The number of rotatable bonds is 5. The lowest BCUT2D eigenvalue weighted by Gasteiger charge is -2.12. The summed E-state index contributed by atoms with van der Waals surface area (Å²) in [7, 11) is 0. The van der Waals surface area contributed by atoms with Gasteiger partial charge in [-0.05, 0) is 28.9 Å². The quantitative estimate of drug-likeness (QED) is 0.865. The first kappa shape index (κ1) is 12.5. The highest BCUT2D eigenvalue weighted by Crippen LogP contribution is 2.29. The second-order valence-electron chi connectivity index (χ2n) is 3.37. The van der Waals surface area contributed by atoms with Crippen molar-refractivity contribution in [3.63, 3.8) is 0 Å². The molecule has 3 nitrogen and oxygen atoms in total. The molecule has 84 valence electrons. The monoisotopic (exact) mass is 274 g/mol. The lowest BCUT2D eigenvalue weighted by Crippen LogP contribution is -2.08. The van der Waals surface area contributed by atoms with E-state index in [1.54, 1.807) is 6.92 Å². The Bertz CT molecular complexity index is 313. The fraction of sp³-hybridized carbons (Fsp3) is 0.455. The van der Waals surface area contributed by atoms with Gasteiger partial charge in [-0.1, -0.05) is 12.1 Å². The molecule has 15 heavy (non-hydrogen) atoms. The van der Waals surface area contributed by atoms with E-state index in [0.717, 1.165) is 10.0 Å². The summed E-state index contributed by atoms with van der Waals surface area (Å²) in [5.41, 5.74) is 0.745. The van der Waals surface area contributed by atoms with Gasteiger partial charge < -0.3 is 14.9 Å². The summed E-state index contributed by atoms with van der Waals surface area (Å²) >= 11 is 3.36. The molecular weight excluding hydrogens is 260 g/mol. The van der Waals surface area contributed by atoms with Gasteiger partial charge in [-0.2, -0.15) is 0 Å². The molecule has 0 fully saturated rings. The Kier molecular flexibility index (Phi) is 5.08. The van der Waals surface area contributed by atoms with E-state index in [1.807, 2.05) is 18.2 Å². The van der Waals surface area contributed by atoms with E-state index in [4.69, 9.17) is 14.9 Å². The normalized spacial score (nSPS) is 12.5. The molecule has 0 amide bonds. The molecule has 1 rings (SSSR count). The van der Waals surface area contributed by atoms with Crippen LogP contribution in [-0.2, 0) is 6.61 Å². The first-order valence-electron chi connectivity index (χ1n) is 4.84. The molecule has 0 spiro atoms. The van der Waals surface area contributed by atoms with Crippen molar-refractivity contribution in [2.45, 2.75) is 26.1 Å². The molecule has 0 saturated carbocycles. The van der Waals surface area contributed by atoms with Gasteiger partial charge in [-0.25, -0.2) is 0 Å². The van der Waals surface area contributed by atoms with Crippen LogP contribution < -0.4 is 4.74 Å². The number of aliphatic hydroxyl groups is 2. The van der Waals surface area contributed by atoms with Crippen molar-refractivity contribution >= 4 is 15.9 Å². The van der Waals surface area contributed by atoms with Crippen molar-refractivity contribution < 1.29 is 14.9 Å². The second-order valence-corrected chi connectivity index (χ2v) is 4.23. The standard InChI is InChI=1S/C11H15BrO3/c1-8(14)5-6-15-11-9(7-13)3-2-4-10(11)12/h2-4,8,13-14H,5-7H2,1H3. The molecule has 0 radical (unpaired) electrons. The summed E-state index contributed by atoms with van der Waals surface area (Å²) in [6.45, 7) is 2.10. The third-order valence-electron chi connectivity index (χ3n) is 2.00. The number of para-hydroxylation sites is 1. The van der Waals surface area contributed by atoms with Crippen molar-refractivity contribution in [1.29, 1.82) is 0 Å². The maximum Gasteiger partial charge on any atom is 0.138 e. The average Bonchev–Trinajstić information content (AvgIpc) is 2.20. The van der Waals surface area contributed by atoms with Gasteiger partial charge in [0, 0.05) is 12.0 Å². The zero-order valence-electron chi connectivity index (χ0n) is 8.61. The van der Waals surface area contributed by atoms with Crippen LogP contribution >= 0.6 is 15.9 Å². The Hall–Kier alpha value is -0.580. The summed E-state index contributed by atoms with van der Waals surface area (Å²) in [6, 6.07) is 5.51. The van der Waals surface area contributed by atoms with Crippen molar-refractivity contribution in [2.24, 2.45) is 0 Å². The van der Waals surface area contributed by atoms with Crippen molar-refractivity contribution in [3.8, 4) is 5.75 Å². The van der Waals surface area contributed by atoms with Gasteiger partial charge in [0.25, 0.3) is 0 Å². The fourth-order valence-electron chi connectivity index (χ4n) is 1.17. The maximum atomic E-state index is 9.10. The first-order chi connectivity index (χ1) is 7.15. The van der Waals surface area contributed by atoms with Crippen LogP contribution in [0.2, 0.25) is 0 Å². The topological polar surface area (TPSA) is 49.7 Å². The first-order valence-corrected chi connectivity index (χ1v) is 5.63. The maximum absolute atomic E-state index is 9.10. The molecule has 0 saturated heterocycles. The molecule has 2 N–H and O–H groups in total. The van der Waals surface area contributed by atoms with Crippen LogP contribution in [0, 0.1) is 0 Å². The highest BCUT2D eigenvalue weighted by Gasteiger charge is 2.07. The Morgan fingerprint density at radius 2 is 2.20 bits per heavy atom. The molecule has 1 aromatic carbocycles. The number of aliphatic hydroxyl groups excluding tert-OH is 2. The number of halogens is 1. The lowest BCUT2D eigenvalue weighted by atomic mass is 10.2. The van der Waals surface area contributed by atoms with Crippen molar-refractivity contribution in [2.75, 3.05) is 6.61 Å². The van der Waals surface area contributed by atoms with Crippen LogP contribution in [0.3, 0.4) is 0 Å². The Balaban J connectivity index is 2.66. The SMILES string of the molecule is CC(O)CCOc1c(Br)cccc1CO. The summed E-state index contributed by atoms with van der Waals surface area (Å²) in [5, 5.41) is 18.2. The molecule has 4 heteroatoms. The third kappa shape index (κ3) is 3.81. The average molecular weight is 275 g/mol. The number of hydrogen-bond donors (Lipinski definition) is 2. The predicted octanol–water partition coefficient (Wildman–Crippen LogP) is 2.09. The second kappa shape index (κ2) is 6.10. The van der Waals surface area contributed by atoms with E-state index < -0.39 is 0 Å². The molecule has 1 unspecified atom stereocenters. The molecule has 0 heterocycles. The molecule has 0 aromatic heterocycles. The van der Waals surface area contributed by atoms with Gasteiger partial charge in [0.05, 0.1) is 23.8 Å². The van der Waals surface area contributed by atoms with Crippen molar-refractivity contribution in [3.05, 3.63) is 28.2 Å². The minimum Gasteiger partial charge on any atom is -0.492 e. The molecule has 0 bridgehead atoms. The summed E-state index contributed by atoms with van der Waals surface area (Å²) in [5.74, 6) is 0.653. The van der Waals surface area contributed by atoms with Crippen molar-refractivity contribution in [1.82, 2.24) is 0 Å². The van der Waals surface area contributed by atoms with Crippen LogP contribution in [-0.4, -0.2) is 22.9 Å².